The van der Waals surface area contributed by atoms with Gasteiger partial charge in [-0.25, -0.2) is 9.59 Å². The molecule has 11 heteroatoms. The van der Waals surface area contributed by atoms with Crippen molar-refractivity contribution < 1.29 is 38.8 Å². The first-order chi connectivity index (χ1) is 16.6. The van der Waals surface area contributed by atoms with Crippen molar-refractivity contribution in [3.63, 3.8) is 0 Å². The van der Waals surface area contributed by atoms with Crippen LogP contribution in [0.1, 0.15) is 90.0 Å². The Morgan fingerprint density at radius 1 is 0.769 bits per heavy atom. The second-order valence-corrected chi connectivity index (χ2v) is 18.4. The van der Waals surface area contributed by atoms with E-state index >= 15 is 0 Å². The normalized spacial score (nSPS) is 23.7. The summed E-state index contributed by atoms with van der Waals surface area (Å²) in [4.78, 5) is 26.9. The Morgan fingerprint density at radius 3 is 1.46 bits per heavy atom. The zero-order valence-corrected chi connectivity index (χ0v) is 25.8. The van der Waals surface area contributed by atoms with Gasteiger partial charge in [-0.05, 0) is 72.5 Å². The highest BCUT2D eigenvalue weighted by Gasteiger charge is 2.41. The third-order valence-electron chi connectivity index (χ3n) is 6.69. The predicted octanol–water partition coefficient (Wildman–Crippen LogP) is 5.00. The van der Waals surface area contributed by atoms with Crippen molar-refractivity contribution in [2.75, 3.05) is 26.3 Å². The van der Waals surface area contributed by atoms with Crippen LogP contribution in [0.4, 0.5) is 9.59 Å². The summed E-state index contributed by atoms with van der Waals surface area (Å²) in [5.41, 5.74) is -1.08. The van der Waals surface area contributed by atoms with Gasteiger partial charge in [0, 0.05) is 0 Å². The molecule has 2 fully saturated rings. The van der Waals surface area contributed by atoms with Crippen LogP contribution in [-0.2, 0) is 13.9 Å². The van der Waals surface area contributed by atoms with Gasteiger partial charge >= 0.3 is 12.2 Å². The molecule has 39 heavy (non-hydrogen) atoms. The first-order valence-corrected chi connectivity index (χ1v) is 16.1. The molecular weight excluding hydrogens is 520 g/mol. The Morgan fingerprint density at radius 2 is 1.13 bits per heavy atom. The topological polar surface area (TPSA) is 129 Å². The Labute approximate surface area is 239 Å². The van der Waals surface area contributed by atoms with Crippen LogP contribution in [0.2, 0.25) is 18.1 Å². The van der Waals surface area contributed by atoms with Crippen LogP contribution >= 0.6 is 0 Å². The highest BCUT2D eigenvalue weighted by Crippen LogP contribution is 2.37. The van der Waals surface area contributed by atoms with Gasteiger partial charge in [0.15, 0.2) is 8.32 Å². The molecule has 2 rings (SSSR count). The fraction of sp³-hybridized carbons (Fsp3) is 0.929. The SMILES string of the molecule is C.C.CC(C)(C)OC(=O)N1C[C@H](O)C[C@H]1CO.CC(C)(C)OC(=O)N1C[C@H](O)C[C@H]1CO[Si](C)(C)C(C)(C)C. The molecule has 2 saturated heterocycles. The lowest BCUT2D eigenvalue weighted by Gasteiger charge is -2.38. The van der Waals surface area contributed by atoms with E-state index in [-0.39, 0.29) is 51.2 Å². The molecule has 3 N–H and O–H groups in total. The number of carbonyl (C=O) groups is 2. The van der Waals surface area contributed by atoms with Gasteiger partial charge in [-0.15, -0.1) is 0 Å². The molecule has 0 spiro atoms. The number of amides is 2. The Balaban J connectivity index is 0. The van der Waals surface area contributed by atoms with E-state index in [0.29, 0.717) is 26.0 Å². The molecule has 2 aliphatic heterocycles. The number of likely N-dealkylation sites (tertiary alicyclic amines) is 2. The van der Waals surface area contributed by atoms with Crippen LogP contribution in [0.3, 0.4) is 0 Å². The minimum atomic E-state index is -1.87. The van der Waals surface area contributed by atoms with Crippen molar-refractivity contribution in [2.24, 2.45) is 0 Å². The monoisotopic (exact) mass is 580 g/mol. The molecule has 0 unspecified atom stereocenters. The lowest BCUT2D eigenvalue weighted by atomic mass is 10.2. The number of hydrogen-bond donors (Lipinski definition) is 3. The first-order valence-electron chi connectivity index (χ1n) is 13.2. The van der Waals surface area contributed by atoms with Gasteiger partial charge in [-0.1, -0.05) is 35.6 Å². The number of hydrogen-bond acceptors (Lipinski definition) is 8. The van der Waals surface area contributed by atoms with E-state index in [1.54, 1.807) is 25.7 Å². The molecule has 0 bridgehead atoms. The molecule has 234 valence electrons. The number of carbonyl (C=O) groups excluding carboxylic acids is 2. The number of aliphatic hydroxyl groups excluding tert-OH is 3. The van der Waals surface area contributed by atoms with E-state index in [4.69, 9.17) is 19.0 Å². The standard InChI is InChI=1S/C16H33NO4Si.C10H19NO4.2CH4/c1-15(2,3)21-14(19)17-10-13(18)9-12(17)11-20-22(7,8)16(4,5)6;1-10(2,3)15-9(14)11-5-8(13)4-7(11)6-12;;/h12-13,18H,9-11H2,1-8H3;7-8,12-13H,4-6H2,1-3H3;2*1H4/t12-,13+;7-,8+;;/m00../s1. The molecule has 0 aromatic carbocycles. The second-order valence-electron chi connectivity index (χ2n) is 13.6. The van der Waals surface area contributed by atoms with Crippen LogP contribution in [0, 0.1) is 0 Å². The zero-order valence-electron chi connectivity index (χ0n) is 24.8. The lowest BCUT2D eigenvalue weighted by Crippen LogP contribution is -2.46. The van der Waals surface area contributed by atoms with Crippen LogP contribution in [-0.4, -0.2) is 107 Å². The van der Waals surface area contributed by atoms with Crippen LogP contribution in [0.25, 0.3) is 0 Å². The largest absolute Gasteiger partial charge is 0.444 e. The summed E-state index contributed by atoms with van der Waals surface area (Å²) in [6, 6.07) is -0.436. The number of nitrogens with zero attached hydrogens (tertiary/aromatic N) is 2. The number of ether oxygens (including phenoxy) is 2. The number of rotatable bonds is 4. The van der Waals surface area contributed by atoms with Gasteiger partial charge < -0.3 is 39.0 Å². The van der Waals surface area contributed by atoms with Crippen LogP contribution in [0.15, 0.2) is 0 Å². The predicted molar refractivity (Wildman–Crippen MR) is 158 cm³/mol. The first kappa shape index (κ1) is 39.7. The van der Waals surface area contributed by atoms with Crippen LogP contribution in [0.5, 0.6) is 0 Å². The summed E-state index contributed by atoms with van der Waals surface area (Å²) in [5, 5.41) is 28.5. The summed E-state index contributed by atoms with van der Waals surface area (Å²) < 4.78 is 16.8. The van der Waals surface area contributed by atoms with Gasteiger partial charge in [0.25, 0.3) is 0 Å². The average Bonchev–Trinajstić information content (AvgIpc) is 3.25. The van der Waals surface area contributed by atoms with E-state index in [1.165, 1.54) is 4.90 Å². The average molecular weight is 581 g/mol. The summed E-state index contributed by atoms with van der Waals surface area (Å²) in [6.45, 7) is 22.7. The maximum Gasteiger partial charge on any atom is 0.410 e. The van der Waals surface area contributed by atoms with E-state index in [2.05, 4.69) is 33.9 Å². The van der Waals surface area contributed by atoms with Crippen molar-refractivity contribution in [3.05, 3.63) is 0 Å². The molecule has 0 aliphatic carbocycles. The highest BCUT2D eigenvalue weighted by atomic mass is 28.4. The third kappa shape index (κ3) is 13.2. The van der Waals surface area contributed by atoms with Gasteiger partial charge in [-0.3, -0.25) is 0 Å². The van der Waals surface area contributed by atoms with Crippen molar-refractivity contribution in [3.8, 4) is 0 Å². The molecule has 2 heterocycles. The van der Waals surface area contributed by atoms with Gasteiger partial charge in [0.1, 0.15) is 11.2 Å². The van der Waals surface area contributed by atoms with Gasteiger partial charge in [0.05, 0.1) is 50.6 Å². The molecule has 4 atom stereocenters. The lowest BCUT2D eigenvalue weighted by molar-refractivity contribution is 0.0157. The molecule has 0 saturated carbocycles. The van der Waals surface area contributed by atoms with E-state index in [1.807, 2.05) is 20.8 Å². The van der Waals surface area contributed by atoms with Gasteiger partial charge in [0.2, 0.25) is 0 Å². The van der Waals surface area contributed by atoms with Crippen molar-refractivity contribution in [1.29, 1.82) is 0 Å². The summed E-state index contributed by atoms with van der Waals surface area (Å²) in [6.07, 6.45) is -0.940. The van der Waals surface area contributed by atoms with E-state index in [9.17, 15) is 19.8 Å². The van der Waals surface area contributed by atoms with Gasteiger partial charge in [-0.2, -0.15) is 0 Å². The smallest absolute Gasteiger partial charge is 0.410 e. The fourth-order valence-electron chi connectivity index (χ4n) is 3.72. The van der Waals surface area contributed by atoms with Crippen molar-refractivity contribution >= 4 is 20.5 Å². The molecule has 0 aromatic rings. The minimum Gasteiger partial charge on any atom is -0.444 e. The van der Waals surface area contributed by atoms with Crippen molar-refractivity contribution in [1.82, 2.24) is 9.80 Å². The summed E-state index contributed by atoms with van der Waals surface area (Å²) in [5.74, 6) is 0. The van der Waals surface area contributed by atoms with E-state index in [0.717, 1.165) is 0 Å². The Hall–Kier alpha value is -1.40. The minimum absolute atomic E-state index is 0. The third-order valence-corrected chi connectivity index (χ3v) is 11.2. The molecular formula is C28H60N2O8Si. The maximum absolute atomic E-state index is 12.3. The second kappa shape index (κ2) is 15.0. The molecule has 2 amide bonds. The highest BCUT2D eigenvalue weighted by molar-refractivity contribution is 6.74. The quantitative estimate of drug-likeness (QED) is 0.396. The molecule has 0 radical (unpaired) electrons. The van der Waals surface area contributed by atoms with Crippen LogP contribution < -0.4 is 0 Å². The number of aliphatic hydroxyl groups is 3. The fourth-order valence-corrected chi connectivity index (χ4v) is 4.77. The Bertz CT molecular complexity index is 758. The Kier molecular flexibility index (Phi) is 15.3. The molecule has 10 nitrogen and oxygen atoms in total. The van der Waals surface area contributed by atoms with E-state index < -0.39 is 37.8 Å². The van der Waals surface area contributed by atoms with Crippen molar-refractivity contribution in [2.45, 2.75) is 144 Å². The summed E-state index contributed by atoms with van der Waals surface area (Å²) >= 11 is 0. The molecule has 2 aliphatic rings. The summed E-state index contributed by atoms with van der Waals surface area (Å²) in [7, 11) is -1.87. The number of β-amino-alcohol motifs (C(OH)–C–C–N with tert-alkyl or cyclic N) is 2. The molecule has 0 aromatic heterocycles. The zero-order chi connectivity index (χ0) is 29.0. The maximum atomic E-state index is 12.3.